The smallest absolute Gasteiger partial charge is 0.262 e. The van der Waals surface area contributed by atoms with Crippen LogP contribution in [0.25, 0.3) is 0 Å². The number of hydrogen-bond donors (Lipinski definition) is 1. The summed E-state index contributed by atoms with van der Waals surface area (Å²) in [4.78, 5) is 11.9. The van der Waals surface area contributed by atoms with Crippen molar-refractivity contribution < 1.29 is 9.53 Å². The first-order valence-electron chi connectivity index (χ1n) is 6.93. The Morgan fingerprint density at radius 2 is 1.68 bits per heavy atom. The molecule has 0 aliphatic heterocycles. The van der Waals surface area contributed by atoms with Crippen LogP contribution in [0.2, 0.25) is 10.0 Å². The molecule has 0 radical (unpaired) electrons. The van der Waals surface area contributed by atoms with Crippen LogP contribution in [0.5, 0.6) is 5.75 Å². The van der Waals surface area contributed by atoms with Crippen molar-refractivity contribution in [2.45, 2.75) is 19.8 Å². The van der Waals surface area contributed by atoms with Crippen LogP contribution in [-0.4, -0.2) is 12.5 Å². The topological polar surface area (TPSA) is 38.3 Å². The molecule has 2 rings (SSSR count). The number of rotatable bonds is 5. The van der Waals surface area contributed by atoms with Crippen molar-refractivity contribution in [2.75, 3.05) is 11.9 Å². The SMILES string of the molecule is CC(C)c1ccc(NC(=O)COc2cc(Cl)cc(Cl)c2)cc1. The van der Waals surface area contributed by atoms with E-state index in [0.29, 0.717) is 21.7 Å². The number of amides is 1. The van der Waals surface area contributed by atoms with Gasteiger partial charge in [-0.15, -0.1) is 0 Å². The van der Waals surface area contributed by atoms with Crippen molar-refractivity contribution in [3.05, 3.63) is 58.1 Å². The van der Waals surface area contributed by atoms with E-state index in [4.69, 9.17) is 27.9 Å². The van der Waals surface area contributed by atoms with Crippen molar-refractivity contribution in [3.63, 3.8) is 0 Å². The molecular weight excluding hydrogens is 321 g/mol. The average Bonchev–Trinajstić information content (AvgIpc) is 2.45. The molecule has 3 nitrogen and oxygen atoms in total. The quantitative estimate of drug-likeness (QED) is 0.820. The molecule has 0 aliphatic rings. The van der Waals surface area contributed by atoms with Gasteiger partial charge in [-0.25, -0.2) is 0 Å². The lowest BCUT2D eigenvalue weighted by Gasteiger charge is -2.10. The molecule has 0 bridgehead atoms. The second kappa shape index (κ2) is 7.52. The number of hydrogen-bond acceptors (Lipinski definition) is 2. The Bertz CT molecular complexity index is 634. The van der Waals surface area contributed by atoms with Crippen molar-refractivity contribution >= 4 is 34.8 Å². The minimum Gasteiger partial charge on any atom is -0.484 e. The summed E-state index contributed by atoms with van der Waals surface area (Å²) in [6.07, 6.45) is 0. The fourth-order valence-corrected chi connectivity index (χ4v) is 2.42. The summed E-state index contributed by atoms with van der Waals surface area (Å²) in [5, 5.41) is 3.71. The van der Waals surface area contributed by atoms with Crippen LogP contribution >= 0.6 is 23.2 Å². The van der Waals surface area contributed by atoms with E-state index in [9.17, 15) is 4.79 Å². The molecule has 22 heavy (non-hydrogen) atoms. The lowest BCUT2D eigenvalue weighted by molar-refractivity contribution is -0.118. The molecule has 0 aliphatic carbocycles. The molecule has 0 saturated heterocycles. The summed E-state index contributed by atoms with van der Waals surface area (Å²) in [6.45, 7) is 4.14. The average molecular weight is 338 g/mol. The fraction of sp³-hybridized carbons (Fsp3) is 0.235. The van der Waals surface area contributed by atoms with Gasteiger partial charge in [0.2, 0.25) is 0 Å². The van der Waals surface area contributed by atoms with Crippen molar-refractivity contribution in [1.29, 1.82) is 0 Å². The Balaban J connectivity index is 1.90. The summed E-state index contributed by atoms with van der Waals surface area (Å²) < 4.78 is 5.38. The maximum Gasteiger partial charge on any atom is 0.262 e. The molecule has 0 spiro atoms. The molecule has 2 aromatic rings. The molecule has 0 heterocycles. The Morgan fingerprint density at radius 1 is 1.09 bits per heavy atom. The van der Waals surface area contributed by atoms with Gasteiger partial charge in [0.25, 0.3) is 5.91 Å². The zero-order chi connectivity index (χ0) is 16.1. The summed E-state index contributed by atoms with van der Waals surface area (Å²) in [7, 11) is 0. The number of nitrogens with one attached hydrogen (secondary N) is 1. The normalized spacial score (nSPS) is 10.6. The van der Waals surface area contributed by atoms with Gasteiger partial charge in [-0.1, -0.05) is 49.2 Å². The van der Waals surface area contributed by atoms with E-state index in [0.717, 1.165) is 5.69 Å². The van der Waals surface area contributed by atoms with Gasteiger partial charge in [0.15, 0.2) is 6.61 Å². The van der Waals surface area contributed by atoms with E-state index in [2.05, 4.69) is 19.2 Å². The van der Waals surface area contributed by atoms with Crippen molar-refractivity contribution in [3.8, 4) is 5.75 Å². The fourth-order valence-electron chi connectivity index (χ4n) is 1.91. The first kappa shape index (κ1) is 16.7. The Morgan fingerprint density at radius 3 is 2.23 bits per heavy atom. The second-order valence-corrected chi connectivity index (χ2v) is 6.09. The van der Waals surface area contributed by atoms with Crippen LogP contribution in [0.3, 0.4) is 0 Å². The predicted octanol–water partition coefficient (Wildman–Crippen LogP) is 5.13. The molecule has 0 unspecified atom stereocenters. The van der Waals surface area contributed by atoms with E-state index in [-0.39, 0.29) is 12.5 Å². The minimum atomic E-state index is -0.242. The highest BCUT2D eigenvalue weighted by Crippen LogP contribution is 2.24. The number of ether oxygens (including phenoxy) is 1. The molecular formula is C17H17Cl2NO2. The lowest BCUT2D eigenvalue weighted by Crippen LogP contribution is -2.20. The number of benzene rings is 2. The highest BCUT2D eigenvalue weighted by molar-refractivity contribution is 6.34. The van der Waals surface area contributed by atoms with Crippen LogP contribution in [0.15, 0.2) is 42.5 Å². The van der Waals surface area contributed by atoms with Crippen LogP contribution in [-0.2, 0) is 4.79 Å². The molecule has 116 valence electrons. The third kappa shape index (κ3) is 4.93. The van der Waals surface area contributed by atoms with Crippen LogP contribution in [0, 0.1) is 0 Å². The van der Waals surface area contributed by atoms with Gasteiger partial charge in [-0.2, -0.15) is 0 Å². The number of carbonyl (C=O) groups is 1. The Kier molecular flexibility index (Phi) is 5.69. The summed E-state index contributed by atoms with van der Waals surface area (Å²) in [5.74, 6) is 0.678. The summed E-state index contributed by atoms with van der Waals surface area (Å²) in [5.41, 5.74) is 1.96. The second-order valence-electron chi connectivity index (χ2n) is 5.22. The highest BCUT2D eigenvalue weighted by atomic mass is 35.5. The van der Waals surface area contributed by atoms with Crippen LogP contribution in [0.1, 0.15) is 25.3 Å². The molecule has 0 atom stereocenters. The highest BCUT2D eigenvalue weighted by Gasteiger charge is 2.06. The molecule has 1 N–H and O–H groups in total. The van der Waals surface area contributed by atoms with Gasteiger partial charge in [-0.3, -0.25) is 4.79 Å². The summed E-state index contributed by atoms with van der Waals surface area (Å²) in [6, 6.07) is 12.6. The van der Waals surface area contributed by atoms with Crippen molar-refractivity contribution in [2.24, 2.45) is 0 Å². The first-order valence-corrected chi connectivity index (χ1v) is 7.68. The monoisotopic (exact) mass is 337 g/mol. The summed E-state index contributed by atoms with van der Waals surface area (Å²) >= 11 is 11.7. The maximum atomic E-state index is 11.9. The standard InChI is InChI=1S/C17H17Cl2NO2/c1-11(2)12-3-5-15(6-4-12)20-17(21)10-22-16-8-13(18)7-14(19)9-16/h3-9,11H,10H2,1-2H3,(H,20,21). The lowest BCUT2D eigenvalue weighted by atomic mass is 10.0. The van der Waals surface area contributed by atoms with Gasteiger partial charge in [-0.05, 0) is 41.8 Å². The largest absolute Gasteiger partial charge is 0.484 e. The predicted molar refractivity (Wildman–Crippen MR) is 91.1 cm³/mol. The van der Waals surface area contributed by atoms with Crippen LogP contribution in [0.4, 0.5) is 5.69 Å². The molecule has 0 aromatic heterocycles. The van der Waals surface area contributed by atoms with Gasteiger partial charge >= 0.3 is 0 Å². The van der Waals surface area contributed by atoms with Crippen molar-refractivity contribution in [1.82, 2.24) is 0 Å². The van der Waals surface area contributed by atoms with E-state index in [1.165, 1.54) is 5.56 Å². The zero-order valence-electron chi connectivity index (χ0n) is 12.4. The van der Waals surface area contributed by atoms with Crippen LogP contribution < -0.4 is 10.1 Å². The maximum absolute atomic E-state index is 11.9. The van der Waals surface area contributed by atoms with Gasteiger partial charge in [0.1, 0.15) is 5.75 Å². The molecule has 5 heteroatoms. The third-order valence-electron chi connectivity index (χ3n) is 3.07. The number of anilines is 1. The zero-order valence-corrected chi connectivity index (χ0v) is 13.9. The van der Waals surface area contributed by atoms with Gasteiger partial charge < -0.3 is 10.1 Å². The van der Waals surface area contributed by atoms with E-state index >= 15 is 0 Å². The minimum absolute atomic E-state index is 0.109. The molecule has 2 aromatic carbocycles. The third-order valence-corrected chi connectivity index (χ3v) is 3.50. The van der Waals surface area contributed by atoms with E-state index in [1.54, 1.807) is 18.2 Å². The van der Waals surface area contributed by atoms with Gasteiger partial charge in [0, 0.05) is 15.7 Å². The molecule has 0 saturated carbocycles. The van der Waals surface area contributed by atoms with E-state index in [1.807, 2.05) is 24.3 Å². The number of carbonyl (C=O) groups excluding carboxylic acids is 1. The molecule has 0 fully saturated rings. The first-order chi connectivity index (χ1) is 10.4. The molecule has 1 amide bonds. The Labute approximate surface area is 140 Å². The Hall–Kier alpha value is -1.71. The van der Waals surface area contributed by atoms with Gasteiger partial charge in [0.05, 0.1) is 0 Å². The number of halogens is 2. The van der Waals surface area contributed by atoms with E-state index < -0.39 is 0 Å².